The molecule has 172 valence electrons. The molecular formula is C27H35NO4. The molecule has 6 atom stereocenters. The van der Waals surface area contributed by atoms with Crippen LogP contribution in [0, 0.1) is 23.2 Å². The second-order valence-electron chi connectivity index (χ2n) is 10.8. The van der Waals surface area contributed by atoms with Crippen LogP contribution in [0.3, 0.4) is 0 Å². The molecule has 2 saturated carbocycles. The molecule has 1 heterocycles. The lowest BCUT2D eigenvalue weighted by Gasteiger charge is -2.59. The molecule has 0 spiro atoms. The standard InChI is InChI=1S/C27H35NO4/c1-26-14-12-20(32-25(30)17-4-7-19(31-3)8-5-17)16-18(26)6-9-21-22(26)13-15-27(2)23(21)10-11-24(29)28-27/h4-8,20-23H,9-16H2,1-3H3,(H,28,29)/t20-,21?,22?,23?,26-,27-/m0/s1. The van der Waals surface area contributed by atoms with Gasteiger partial charge in [0.2, 0.25) is 5.91 Å². The largest absolute Gasteiger partial charge is 0.497 e. The first-order chi connectivity index (χ1) is 15.3. The van der Waals surface area contributed by atoms with E-state index in [-0.39, 0.29) is 28.9 Å². The molecule has 1 N–H and O–H groups in total. The molecule has 3 unspecified atom stereocenters. The summed E-state index contributed by atoms with van der Waals surface area (Å²) < 4.78 is 11.1. The van der Waals surface area contributed by atoms with Crippen molar-refractivity contribution in [1.29, 1.82) is 0 Å². The number of amides is 1. The molecule has 1 aromatic carbocycles. The van der Waals surface area contributed by atoms with Gasteiger partial charge in [-0.1, -0.05) is 18.6 Å². The third kappa shape index (κ3) is 3.54. The maximum Gasteiger partial charge on any atom is 0.338 e. The van der Waals surface area contributed by atoms with Crippen molar-refractivity contribution in [1.82, 2.24) is 5.32 Å². The normalized spacial score (nSPS) is 38.3. The van der Waals surface area contributed by atoms with Gasteiger partial charge in [-0.2, -0.15) is 0 Å². The predicted octanol–water partition coefficient (Wildman–Crippen LogP) is 5.05. The fraction of sp³-hybridized carbons (Fsp3) is 0.630. The number of fused-ring (bicyclic) bond motifs is 5. The summed E-state index contributed by atoms with van der Waals surface area (Å²) >= 11 is 0. The number of methoxy groups -OCH3 is 1. The molecule has 3 fully saturated rings. The number of piperidine rings is 1. The van der Waals surface area contributed by atoms with E-state index in [0.717, 1.165) is 44.3 Å². The zero-order valence-electron chi connectivity index (χ0n) is 19.5. The summed E-state index contributed by atoms with van der Waals surface area (Å²) in [6, 6.07) is 7.12. The second-order valence-corrected chi connectivity index (χ2v) is 10.8. The smallest absolute Gasteiger partial charge is 0.338 e. The highest BCUT2D eigenvalue weighted by molar-refractivity contribution is 5.89. The van der Waals surface area contributed by atoms with Crippen LogP contribution >= 0.6 is 0 Å². The monoisotopic (exact) mass is 437 g/mol. The Balaban J connectivity index is 1.29. The highest BCUT2D eigenvalue weighted by atomic mass is 16.5. The Labute approximate surface area is 190 Å². The van der Waals surface area contributed by atoms with Gasteiger partial charge in [0.25, 0.3) is 0 Å². The summed E-state index contributed by atoms with van der Waals surface area (Å²) in [6.07, 6.45) is 10.2. The van der Waals surface area contributed by atoms with E-state index < -0.39 is 0 Å². The zero-order chi connectivity index (χ0) is 22.5. The highest BCUT2D eigenvalue weighted by Crippen LogP contribution is 2.60. The number of nitrogens with one attached hydrogen (secondary N) is 1. The van der Waals surface area contributed by atoms with E-state index in [9.17, 15) is 9.59 Å². The first-order valence-corrected chi connectivity index (χ1v) is 12.2. The first-order valence-electron chi connectivity index (χ1n) is 12.2. The molecule has 5 nitrogen and oxygen atoms in total. The van der Waals surface area contributed by atoms with E-state index in [1.54, 1.807) is 31.4 Å². The van der Waals surface area contributed by atoms with Gasteiger partial charge in [-0.15, -0.1) is 0 Å². The van der Waals surface area contributed by atoms with Gasteiger partial charge in [-0.25, -0.2) is 4.79 Å². The van der Waals surface area contributed by atoms with E-state index in [1.165, 1.54) is 12.0 Å². The molecule has 5 heteroatoms. The van der Waals surface area contributed by atoms with Crippen molar-refractivity contribution >= 4 is 11.9 Å². The van der Waals surface area contributed by atoms with Gasteiger partial charge in [-0.05, 0) is 92.9 Å². The maximum absolute atomic E-state index is 12.7. The van der Waals surface area contributed by atoms with Crippen molar-refractivity contribution in [2.75, 3.05) is 7.11 Å². The minimum Gasteiger partial charge on any atom is -0.497 e. The molecule has 0 bridgehead atoms. The zero-order valence-corrected chi connectivity index (χ0v) is 19.5. The Morgan fingerprint density at radius 3 is 2.59 bits per heavy atom. The van der Waals surface area contributed by atoms with Crippen LogP contribution in [-0.4, -0.2) is 30.6 Å². The van der Waals surface area contributed by atoms with E-state index >= 15 is 0 Å². The topological polar surface area (TPSA) is 64.6 Å². The van der Waals surface area contributed by atoms with Gasteiger partial charge in [0.05, 0.1) is 12.7 Å². The number of benzene rings is 1. The van der Waals surface area contributed by atoms with E-state index in [1.807, 2.05) is 0 Å². The fourth-order valence-corrected chi connectivity index (χ4v) is 7.35. The summed E-state index contributed by atoms with van der Waals surface area (Å²) in [5.41, 5.74) is 2.21. The lowest BCUT2D eigenvalue weighted by Crippen LogP contribution is -2.62. The predicted molar refractivity (Wildman–Crippen MR) is 122 cm³/mol. The van der Waals surface area contributed by atoms with E-state index in [4.69, 9.17) is 9.47 Å². The van der Waals surface area contributed by atoms with Crippen LogP contribution in [0.4, 0.5) is 0 Å². The van der Waals surface area contributed by atoms with Crippen LogP contribution < -0.4 is 10.1 Å². The summed E-state index contributed by atoms with van der Waals surface area (Å²) in [4.78, 5) is 24.7. The molecule has 5 rings (SSSR count). The van der Waals surface area contributed by atoms with Crippen molar-refractivity contribution in [3.05, 3.63) is 41.5 Å². The number of allylic oxidation sites excluding steroid dienone is 1. The molecule has 4 aliphatic rings. The molecule has 1 aromatic rings. The van der Waals surface area contributed by atoms with Crippen LogP contribution in [-0.2, 0) is 9.53 Å². The van der Waals surface area contributed by atoms with Crippen molar-refractivity contribution in [3.8, 4) is 5.75 Å². The van der Waals surface area contributed by atoms with E-state index in [0.29, 0.717) is 29.7 Å². The van der Waals surface area contributed by atoms with Gasteiger partial charge < -0.3 is 14.8 Å². The SMILES string of the molecule is COc1ccc(C(=O)O[C@H]2CC[C@@]3(C)C(=CCC4C3CC[C@]3(C)NC(=O)CCC43)C2)cc1. The van der Waals surface area contributed by atoms with Gasteiger partial charge in [0.15, 0.2) is 0 Å². The maximum atomic E-state index is 12.7. The molecule has 0 aromatic heterocycles. The minimum absolute atomic E-state index is 0.0384. The Morgan fingerprint density at radius 1 is 1.06 bits per heavy atom. The summed E-state index contributed by atoms with van der Waals surface area (Å²) in [5, 5.41) is 3.34. The number of hydrogen-bond donors (Lipinski definition) is 1. The van der Waals surface area contributed by atoms with E-state index in [2.05, 4.69) is 25.2 Å². The Hall–Kier alpha value is -2.30. The van der Waals surface area contributed by atoms with Crippen molar-refractivity contribution in [3.63, 3.8) is 0 Å². The van der Waals surface area contributed by atoms with Crippen molar-refractivity contribution in [2.24, 2.45) is 23.2 Å². The number of rotatable bonds is 3. The average molecular weight is 438 g/mol. The average Bonchev–Trinajstić information content (AvgIpc) is 2.78. The van der Waals surface area contributed by atoms with Gasteiger partial charge in [0.1, 0.15) is 11.9 Å². The summed E-state index contributed by atoms with van der Waals surface area (Å²) in [5.74, 6) is 2.58. The first kappa shape index (κ1) is 21.5. The van der Waals surface area contributed by atoms with Gasteiger partial charge in [0, 0.05) is 18.4 Å². The summed E-state index contributed by atoms with van der Waals surface area (Å²) in [7, 11) is 1.62. The molecule has 1 amide bonds. The number of esters is 1. The van der Waals surface area contributed by atoms with Gasteiger partial charge >= 0.3 is 5.97 Å². The third-order valence-corrected chi connectivity index (χ3v) is 9.16. The molecule has 1 aliphatic heterocycles. The lowest BCUT2D eigenvalue weighted by atomic mass is 9.48. The van der Waals surface area contributed by atoms with Crippen LogP contribution in [0.25, 0.3) is 0 Å². The van der Waals surface area contributed by atoms with Gasteiger partial charge in [-0.3, -0.25) is 4.79 Å². The molecule has 32 heavy (non-hydrogen) atoms. The molecule has 0 radical (unpaired) electrons. The molecule has 3 aliphatic carbocycles. The molecule has 1 saturated heterocycles. The number of hydrogen-bond acceptors (Lipinski definition) is 4. The fourth-order valence-electron chi connectivity index (χ4n) is 7.35. The molecular weight excluding hydrogens is 402 g/mol. The minimum atomic E-state index is -0.248. The van der Waals surface area contributed by atoms with Crippen LogP contribution in [0.15, 0.2) is 35.9 Å². The summed E-state index contributed by atoms with van der Waals surface area (Å²) in [6.45, 7) is 4.71. The Morgan fingerprint density at radius 2 is 1.84 bits per heavy atom. The van der Waals surface area contributed by atoms with Crippen molar-refractivity contribution < 1.29 is 19.1 Å². The van der Waals surface area contributed by atoms with Crippen LogP contribution in [0.2, 0.25) is 0 Å². The number of carbonyl (C=O) groups is 2. The Bertz CT molecular complexity index is 937. The quantitative estimate of drug-likeness (QED) is 0.531. The highest BCUT2D eigenvalue weighted by Gasteiger charge is 2.56. The van der Waals surface area contributed by atoms with Crippen molar-refractivity contribution in [2.45, 2.75) is 76.9 Å². The third-order valence-electron chi connectivity index (χ3n) is 9.16. The lowest BCUT2D eigenvalue weighted by molar-refractivity contribution is -0.131. The van der Waals surface area contributed by atoms with Crippen LogP contribution in [0.5, 0.6) is 5.75 Å². The van der Waals surface area contributed by atoms with Crippen LogP contribution in [0.1, 0.15) is 75.6 Å². The Kier molecular flexibility index (Phi) is 5.34. The second kappa shape index (κ2) is 7.93. The number of ether oxygens (including phenoxy) is 2. The number of carbonyl (C=O) groups excluding carboxylic acids is 2.